The molecule has 14 heavy (non-hydrogen) atoms. The van der Waals surface area contributed by atoms with Gasteiger partial charge in [-0.1, -0.05) is 0 Å². The Labute approximate surface area is 79.3 Å². The van der Waals surface area contributed by atoms with Crippen LogP contribution < -0.4 is 11.1 Å². The van der Waals surface area contributed by atoms with E-state index in [0.717, 1.165) is 0 Å². The number of rotatable bonds is 4. The number of aliphatic carboxylic acids is 1. The molecular weight excluding hydrogens is 188 g/mol. The fourth-order valence-electron chi connectivity index (χ4n) is 0.835. The van der Waals surface area contributed by atoms with Crippen molar-refractivity contribution in [1.82, 2.24) is 10.2 Å². The Morgan fingerprint density at radius 1 is 1.71 bits per heavy atom. The molecule has 0 aliphatic rings. The van der Waals surface area contributed by atoms with Gasteiger partial charge in [-0.2, -0.15) is 5.10 Å². The lowest BCUT2D eigenvalue weighted by atomic mass is 10.2. The Kier molecular flexibility index (Phi) is 3.19. The summed E-state index contributed by atoms with van der Waals surface area (Å²) in [5.74, 6) is -1.66. The monoisotopic (exact) mass is 198 g/mol. The molecule has 0 aromatic carbocycles. The van der Waals surface area contributed by atoms with Gasteiger partial charge in [0.1, 0.15) is 0 Å². The van der Waals surface area contributed by atoms with Gasteiger partial charge < -0.3 is 16.2 Å². The number of carboxylic acid groups (broad SMARTS) is 1. The van der Waals surface area contributed by atoms with Crippen molar-refractivity contribution in [2.24, 2.45) is 5.73 Å². The lowest BCUT2D eigenvalue weighted by molar-refractivity contribution is -0.138. The second-order valence-corrected chi connectivity index (χ2v) is 2.68. The SMILES string of the molecule is NC(CC(=O)O)C(=O)Nc1cn[nH]c1. The zero-order valence-corrected chi connectivity index (χ0v) is 7.23. The standard InChI is InChI=1S/C7H10N4O3/c8-5(1-6(12)13)7(14)11-4-2-9-10-3-4/h2-3,5H,1,8H2,(H,9,10)(H,11,14)(H,12,13). The number of hydrogen-bond donors (Lipinski definition) is 4. The molecule has 7 nitrogen and oxygen atoms in total. The van der Waals surface area contributed by atoms with Crippen LogP contribution in [0.1, 0.15) is 6.42 Å². The van der Waals surface area contributed by atoms with E-state index in [1.807, 2.05) is 0 Å². The maximum Gasteiger partial charge on any atom is 0.305 e. The Hall–Kier alpha value is -1.89. The van der Waals surface area contributed by atoms with Crippen molar-refractivity contribution in [3.8, 4) is 0 Å². The molecule has 1 amide bonds. The first-order valence-corrected chi connectivity index (χ1v) is 3.86. The number of carboxylic acids is 1. The first kappa shape index (κ1) is 10.2. The molecule has 7 heteroatoms. The number of aromatic nitrogens is 2. The van der Waals surface area contributed by atoms with Gasteiger partial charge in [-0.15, -0.1) is 0 Å². The van der Waals surface area contributed by atoms with Crippen molar-refractivity contribution >= 4 is 17.6 Å². The fraction of sp³-hybridized carbons (Fsp3) is 0.286. The third-order valence-electron chi connectivity index (χ3n) is 1.50. The Bertz CT molecular complexity index is 322. The van der Waals surface area contributed by atoms with Crippen LogP contribution in [0, 0.1) is 0 Å². The van der Waals surface area contributed by atoms with Crippen LogP contribution in [0.25, 0.3) is 0 Å². The predicted octanol–water partition coefficient (Wildman–Crippen LogP) is -0.850. The molecule has 0 bridgehead atoms. The maximum absolute atomic E-state index is 11.2. The van der Waals surface area contributed by atoms with E-state index >= 15 is 0 Å². The van der Waals surface area contributed by atoms with E-state index in [9.17, 15) is 9.59 Å². The minimum atomic E-state index is -1.11. The highest BCUT2D eigenvalue weighted by Gasteiger charge is 2.16. The fourth-order valence-corrected chi connectivity index (χ4v) is 0.835. The average molecular weight is 198 g/mol. The first-order chi connectivity index (χ1) is 6.59. The number of nitrogens with zero attached hydrogens (tertiary/aromatic N) is 1. The molecular formula is C7H10N4O3. The number of aromatic amines is 1. The molecule has 0 spiro atoms. The summed E-state index contributed by atoms with van der Waals surface area (Å²) in [5, 5.41) is 16.9. The van der Waals surface area contributed by atoms with Gasteiger partial charge >= 0.3 is 5.97 Å². The smallest absolute Gasteiger partial charge is 0.305 e. The van der Waals surface area contributed by atoms with Gasteiger partial charge in [-0.05, 0) is 0 Å². The number of nitrogens with one attached hydrogen (secondary N) is 2. The van der Waals surface area contributed by atoms with Crippen LogP contribution in [-0.4, -0.2) is 33.2 Å². The number of carbonyl (C=O) groups is 2. The maximum atomic E-state index is 11.2. The van der Waals surface area contributed by atoms with Crippen LogP contribution in [-0.2, 0) is 9.59 Å². The normalized spacial score (nSPS) is 12.1. The first-order valence-electron chi connectivity index (χ1n) is 3.86. The van der Waals surface area contributed by atoms with Crippen LogP contribution in [0.2, 0.25) is 0 Å². The molecule has 0 aliphatic carbocycles. The van der Waals surface area contributed by atoms with Gasteiger partial charge in [0.2, 0.25) is 5.91 Å². The molecule has 0 saturated heterocycles. The molecule has 0 fully saturated rings. The molecule has 0 saturated carbocycles. The van der Waals surface area contributed by atoms with Gasteiger partial charge in [0, 0.05) is 6.20 Å². The number of nitrogens with two attached hydrogens (primary N) is 1. The molecule has 1 atom stereocenters. The number of carbonyl (C=O) groups excluding carboxylic acids is 1. The van der Waals surface area contributed by atoms with E-state index in [-0.39, 0.29) is 0 Å². The number of H-pyrrole nitrogens is 1. The van der Waals surface area contributed by atoms with E-state index in [0.29, 0.717) is 5.69 Å². The van der Waals surface area contributed by atoms with E-state index in [1.54, 1.807) is 0 Å². The Morgan fingerprint density at radius 2 is 2.43 bits per heavy atom. The van der Waals surface area contributed by atoms with Gasteiger partial charge in [0.25, 0.3) is 0 Å². The van der Waals surface area contributed by atoms with Gasteiger partial charge in [-0.3, -0.25) is 14.7 Å². The molecule has 1 aromatic rings. The predicted molar refractivity (Wildman–Crippen MR) is 47.4 cm³/mol. The van der Waals surface area contributed by atoms with Crippen LogP contribution in [0.5, 0.6) is 0 Å². The highest BCUT2D eigenvalue weighted by atomic mass is 16.4. The average Bonchev–Trinajstić information content (AvgIpc) is 2.55. The van der Waals surface area contributed by atoms with Crippen molar-refractivity contribution < 1.29 is 14.7 Å². The van der Waals surface area contributed by atoms with Crippen molar-refractivity contribution in [3.05, 3.63) is 12.4 Å². The summed E-state index contributed by atoms with van der Waals surface area (Å²) in [6, 6.07) is -1.05. The molecule has 1 unspecified atom stereocenters. The molecule has 76 valence electrons. The number of hydrogen-bond acceptors (Lipinski definition) is 4. The Balaban J connectivity index is 2.46. The van der Waals surface area contributed by atoms with E-state index < -0.39 is 24.3 Å². The van der Waals surface area contributed by atoms with Crippen molar-refractivity contribution in [2.75, 3.05) is 5.32 Å². The highest BCUT2D eigenvalue weighted by molar-refractivity contribution is 5.96. The van der Waals surface area contributed by atoms with Crippen LogP contribution in [0.15, 0.2) is 12.4 Å². The van der Waals surface area contributed by atoms with Crippen molar-refractivity contribution in [1.29, 1.82) is 0 Å². The van der Waals surface area contributed by atoms with Crippen LogP contribution in [0.3, 0.4) is 0 Å². The van der Waals surface area contributed by atoms with Gasteiger partial charge in [0.15, 0.2) is 0 Å². The topological polar surface area (TPSA) is 121 Å². The number of anilines is 1. The zero-order valence-electron chi connectivity index (χ0n) is 7.23. The minimum Gasteiger partial charge on any atom is -0.481 e. The van der Waals surface area contributed by atoms with Crippen molar-refractivity contribution in [3.63, 3.8) is 0 Å². The summed E-state index contributed by atoms with van der Waals surface area (Å²) < 4.78 is 0. The highest BCUT2D eigenvalue weighted by Crippen LogP contribution is 2.02. The summed E-state index contributed by atoms with van der Waals surface area (Å²) in [6.45, 7) is 0. The summed E-state index contributed by atoms with van der Waals surface area (Å²) >= 11 is 0. The Morgan fingerprint density at radius 3 is 2.93 bits per heavy atom. The van der Waals surface area contributed by atoms with Crippen molar-refractivity contribution in [2.45, 2.75) is 12.5 Å². The molecule has 0 aliphatic heterocycles. The molecule has 1 aromatic heterocycles. The van der Waals surface area contributed by atoms with Crippen LogP contribution in [0.4, 0.5) is 5.69 Å². The largest absolute Gasteiger partial charge is 0.481 e. The molecule has 1 rings (SSSR count). The third-order valence-corrected chi connectivity index (χ3v) is 1.50. The second kappa shape index (κ2) is 4.38. The van der Waals surface area contributed by atoms with Crippen LogP contribution >= 0.6 is 0 Å². The van der Waals surface area contributed by atoms with E-state index in [2.05, 4.69) is 15.5 Å². The number of amides is 1. The molecule has 0 radical (unpaired) electrons. The lowest BCUT2D eigenvalue weighted by Gasteiger charge is -2.07. The minimum absolute atomic E-state index is 0.399. The molecule has 5 N–H and O–H groups in total. The summed E-state index contributed by atoms with van der Waals surface area (Å²) in [4.78, 5) is 21.4. The quantitative estimate of drug-likeness (QED) is 0.502. The second-order valence-electron chi connectivity index (χ2n) is 2.68. The lowest BCUT2D eigenvalue weighted by Crippen LogP contribution is -2.37. The van der Waals surface area contributed by atoms with E-state index in [4.69, 9.17) is 10.8 Å². The van der Waals surface area contributed by atoms with E-state index in [1.165, 1.54) is 12.4 Å². The van der Waals surface area contributed by atoms with Gasteiger partial charge in [-0.25, -0.2) is 0 Å². The van der Waals surface area contributed by atoms with Gasteiger partial charge in [0.05, 0.1) is 24.3 Å². The third kappa shape index (κ3) is 2.87. The molecule has 1 heterocycles. The summed E-state index contributed by atoms with van der Waals surface area (Å²) in [5.41, 5.74) is 5.77. The summed E-state index contributed by atoms with van der Waals surface area (Å²) in [7, 11) is 0. The zero-order chi connectivity index (χ0) is 10.6. The summed E-state index contributed by atoms with van der Waals surface area (Å²) in [6.07, 6.45) is 2.46.